The van der Waals surface area contributed by atoms with Crippen LogP contribution in [-0.4, -0.2) is 22.6 Å². The zero-order valence-corrected chi connectivity index (χ0v) is 11.5. The number of pyridine rings is 1. The molecular weight excluding hydrogens is 252 g/mol. The summed E-state index contributed by atoms with van der Waals surface area (Å²) in [5, 5.41) is 10.4. The van der Waals surface area contributed by atoms with Crippen LogP contribution >= 0.6 is 0 Å². The lowest BCUT2D eigenvalue weighted by Crippen LogP contribution is -2.17. The summed E-state index contributed by atoms with van der Waals surface area (Å²) in [7, 11) is 0. The van der Waals surface area contributed by atoms with E-state index in [9.17, 15) is 9.90 Å². The molecule has 1 aromatic heterocycles. The van der Waals surface area contributed by atoms with Crippen molar-refractivity contribution < 1.29 is 9.90 Å². The second-order valence-corrected chi connectivity index (χ2v) is 5.02. The van der Waals surface area contributed by atoms with Crippen LogP contribution in [0.1, 0.15) is 25.0 Å². The number of benzene rings is 1. The average molecular weight is 272 g/mol. The van der Waals surface area contributed by atoms with Gasteiger partial charge in [-0.2, -0.15) is 0 Å². The van der Waals surface area contributed by atoms with Gasteiger partial charge in [-0.15, -0.1) is 0 Å². The van der Waals surface area contributed by atoms with Crippen LogP contribution in [0.25, 0.3) is 10.9 Å². The minimum Gasteiger partial charge on any atom is -0.481 e. The fourth-order valence-corrected chi connectivity index (χ4v) is 2.32. The molecule has 1 heterocycles. The third-order valence-corrected chi connectivity index (χ3v) is 3.47. The molecule has 0 aliphatic carbocycles. The summed E-state index contributed by atoms with van der Waals surface area (Å²) in [5.41, 5.74) is 7.20. The summed E-state index contributed by atoms with van der Waals surface area (Å²) in [6, 6.07) is 11.8. The number of rotatable bonds is 7. The predicted molar refractivity (Wildman–Crippen MR) is 79.5 cm³/mol. The minimum atomic E-state index is -0.753. The average Bonchev–Trinajstić information content (AvgIpc) is 2.46. The normalized spacial score (nSPS) is 12.4. The zero-order chi connectivity index (χ0) is 14.4. The van der Waals surface area contributed by atoms with Gasteiger partial charge in [-0.3, -0.25) is 9.78 Å². The van der Waals surface area contributed by atoms with Crippen molar-refractivity contribution in [3.63, 3.8) is 0 Å². The SMILES string of the molecule is NCCCCC(Cc1ccc2ccccc2n1)C(=O)O. The third kappa shape index (κ3) is 3.78. The Bertz CT molecular complexity index is 583. The molecule has 3 N–H and O–H groups in total. The van der Waals surface area contributed by atoms with Gasteiger partial charge in [0, 0.05) is 17.5 Å². The Morgan fingerprint density at radius 1 is 1.20 bits per heavy atom. The van der Waals surface area contributed by atoms with Gasteiger partial charge >= 0.3 is 5.97 Å². The van der Waals surface area contributed by atoms with Crippen molar-refractivity contribution in [2.24, 2.45) is 11.7 Å². The maximum atomic E-state index is 11.3. The van der Waals surface area contributed by atoms with Crippen molar-refractivity contribution in [1.29, 1.82) is 0 Å². The van der Waals surface area contributed by atoms with E-state index in [1.54, 1.807) is 0 Å². The number of carboxylic acids is 1. The highest BCUT2D eigenvalue weighted by atomic mass is 16.4. The number of aliphatic carboxylic acids is 1. The van der Waals surface area contributed by atoms with Crippen molar-refractivity contribution >= 4 is 16.9 Å². The lowest BCUT2D eigenvalue weighted by atomic mass is 9.96. The van der Waals surface area contributed by atoms with E-state index in [1.807, 2.05) is 36.4 Å². The minimum absolute atomic E-state index is 0.379. The smallest absolute Gasteiger partial charge is 0.306 e. The Hall–Kier alpha value is -1.94. The van der Waals surface area contributed by atoms with Crippen LogP contribution in [0.5, 0.6) is 0 Å². The van der Waals surface area contributed by atoms with Crippen LogP contribution in [0.2, 0.25) is 0 Å². The number of unbranched alkanes of at least 4 members (excludes halogenated alkanes) is 1. The first kappa shape index (κ1) is 14.5. The van der Waals surface area contributed by atoms with Crippen molar-refractivity contribution in [2.45, 2.75) is 25.7 Å². The van der Waals surface area contributed by atoms with Crippen LogP contribution in [0, 0.1) is 5.92 Å². The topological polar surface area (TPSA) is 76.2 Å². The first-order valence-electron chi connectivity index (χ1n) is 6.98. The van der Waals surface area contributed by atoms with E-state index >= 15 is 0 Å². The van der Waals surface area contributed by atoms with Crippen LogP contribution in [0.4, 0.5) is 0 Å². The van der Waals surface area contributed by atoms with Crippen molar-refractivity contribution in [1.82, 2.24) is 4.98 Å². The fraction of sp³-hybridized carbons (Fsp3) is 0.375. The molecule has 0 spiro atoms. The Morgan fingerprint density at radius 3 is 2.75 bits per heavy atom. The molecule has 1 atom stereocenters. The van der Waals surface area contributed by atoms with Gasteiger partial charge in [0.2, 0.25) is 0 Å². The molecule has 4 nitrogen and oxygen atoms in total. The lowest BCUT2D eigenvalue weighted by molar-refractivity contribution is -0.142. The van der Waals surface area contributed by atoms with Gasteiger partial charge < -0.3 is 10.8 Å². The fourth-order valence-electron chi connectivity index (χ4n) is 2.32. The number of carbonyl (C=O) groups is 1. The zero-order valence-electron chi connectivity index (χ0n) is 11.5. The van der Waals surface area contributed by atoms with E-state index in [-0.39, 0.29) is 5.92 Å². The quantitative estimate of drug-likeness (QED) is 0.760. The van der Waals surface area contributed by atoms with Gasteiger partial charge in [-0.05, 0) is 31.5 Å². The van der Waals surface area contributed by atoms with Gasteiger partial charge in [0.25, 0.3) is 0 Å². The van der Waals surface area contributed by atoms with Gasteiger partial charge in [-0.25, -0.2) is 0 Å². The predicted octanol–water partition coefficient (Wildman–Crippen LogP) is 2.61. The molecule has 2 aromatic rings. The monoisotopic (exact) mass is 272 g/mol. The molecule has 0 amide bonds. The van der Waals surface area contributed by atoms with Gasteiger partial charge in [0.05, 0.1) is 11.4 Å². The largest absolute Gasteiger partial charge is 0.481 e. The number of fused-ring (bicyclic) bond motifs is 1. The van der Waals surface area contributed by atoms with Crippen molar-refractivity contribution in [3.05, 3.63) is 42.1 Å². The highest BCUT2D eigenvalue weighted by molar-refractivity contribution is 5.78. The van der Waals surface area contributed by atoms with E-state index in [2.05, 4.69) is 4.98 Å². The summed E-state index contributed by atoms with van der Waals surface area (Å²) >= 11 is 0. The molecule has 1 aromatic carbocycles. The number of hydrogen-bond donors (Lipinski definition) is 2. The van der Waals surface area contributed by atoms with E-state index in [0.717, 1.165) is 29.4 Å². The highest BCUT2D eigenvalue weighted by Crippen LogP contribution is 2.17. The molecule has 2 rings (SSSR count). The van der Waals surface area contributed by atoms with Crippen molar-refractivity contribution in [2.75, 3.05) is 6.54 Å². The van der Waals surface area contributed by atoms with Gasteiger partial charge in [0.1, 0.15) is 0 Å². The molecule has 1 unspecified atom stereocenters. The summed E-state index contributed by atoms with van der Waals surface area (Å²) in [6.45, 7) is 0.612. The summed E-state index contributed by atoms with van der Waals surface area (Å²) in [5.74, 6) is -1.13. The molecule has 106 valence electrons. The standard InChI is InChI=1S/C16H20N2O2/c17-10-4-3-6-13(16(19)20)11-14-9-8-12-5-1-2-7-15(12)18-14/h1-2,5,7-9,13H,3-4,6,10-11,17H2,(H,19,20). The van der Waals surface area contributed by atoms with Crippen molar-refractivity contribution in [3.8, 4) is 0 Å². The number of hydrogen-bond acceptors (Lipinski definition) is 3. The number of carboxylic acid groups (broad SMARTS) is 1. The molecule has 0 radical (unpaired) electrons. The second kappa shape index (κ2) is 7.01. The summed E-state index contributed by atoms with van der Waals surface area (Å²) in [4.78, 5) is 15.8. The Balaban J connectivity index is 2.09. The molecule has 4 heteroatoms. The second-order valence-electron chi connectivity index (χ2n) is 5.02. The van der Waals surface area contributed by atoms with Crippen LogP contribution < -0.4 is 5.73 Å². The van der Waals surface area contributed by atoms with Crippen LogP contribution in [0.15, 0.2) is 36.4 Å². The molecule has 0 aliphatic rings. The third-order valence-electron chi connectivity index (χ3n) is 3.47. The Morgan fingerprint density at radius 2 is 2.00 bits per heavy atom. The number of aromatic nitrogens is 1. The number of nitrogens with zero attached hydrogens (tertiary/aromatic N) is 1. The first-order valence-corrected chi connectivity index (χ1v) is 6.98. The Kier molecular flexibility index (Phi) is 5.07. The summed E-state index contributed by atoms with van der Waals surface area (Å²) < 4.78 is 0. The van der Waals surface area contributed by atoms with Gasteiger partial charge in [-0.1, -0.05) is 30.7 Å². The van der Waals surface area contributed by atoms with Gasteiger partial charge in [0.15, 0.2) is 0 Å². The van der Waals surface area contributed by atoms with E-state index in [1.165, 1.54) is 0 Å². The molecule has 0 bridgehead atoms. The molecule has 0 fully saturated rings. The molecule has 0 saturated heterocycles. The molecule has 0 saturated carbocycles. The maximum Gasteiger partial charge on any atom is 0.306 e. The van der Waals surface area contributed by atoms with E-state index in [0.29, 0.717) is 19.4 Å². The highest BCUT2D eigenvalue weighted by Gasteiger charge is 2.18. The van der Waals surface area contributed by atoms with Crippen LogP contribution in [0.3, 0.4) is 0 Å². The number of nitrogens with two attached hydrogens (primary N) is 1. The van der Waals surface area contributed by atoms with E-state index in [4.69, 9.17) is 5.73 Å². The summed E-state index contributed by atoms with van der Waals surface area (Å²) in [6.07, 6.45) is 2.85. The molecule has 0 aliphatic heterocycles. The molecular formula is C16H20N2O2. The Labute approximate surface area is 118 Å². The first-order chi connectivity index (χ1) is 9.70. The van der Waals surface area contributed by atoms with E-state index < -0.39 is 5.97 Å². The lowest BCUT2D eigenvalue weighted by Gasteiger charge is -2.12. The van der Waals surface area contributed by atoms with Crippen LogP contribution in [-0.2, 0) is 11.2 Å². The maximum absolute atomic E-state index is 11.3. The number of para-hydroxylation sites is 1. The molecule has 20 heavy (non-hydrogen) atoms.